The average molecular weight is 268 g/mol. The molecule has 2 N–H and O–H groups in total. The first kappa shape index (κ1) is 12.3. The summed E-state index contributed by atoms with van der Waals surface area (Å²) >= 11 is 7.53. The van der Waals surface area contributed by atoms with E-state index in [9.17, 15) is 0 Å². The molecule has 0 aliphatic carbocycles. The number of hydrogen-bond acceptors (Lipinski definition) is 3. The van der Waals surface area contributed by atoms with Crippen molar-refractivity contribution in [3.63, 3.8) is 0 Å². The van der Waals surface area contributed by atoms with E-state index in [2.05, 4.69) is 16.5 Å². The third kappa shape index (κ3) is 2.96. The number of nitrogens with zero attached hydrogens (tertiary/aromatic N) is 2. The van der Waals surface area contributed by atoms with Crippen LogP contribution in [0.2, 0.25) is 5.02 Å². The minimum atomic E-state index is 0.668. The topological polar surface area (TPSA) is 43.8 Å². The Balaban J connectivity index is 2.07. The Bertz CT molecular complexity index is 510. The molecule has 0 atom stereocenters. The lowest BCUT2D eigenvalue weighted by Crippen LogP contribution is -1.99. The number of aryl methyl sites for hydroxylation is 1. The van der Waals surface area contributed by atoms with Crippen LogP contribution in [0, 0.1) is 0 Å². The Kier molecular flexibility index (Phi) is 3.97. The van der Waals surface area contributed by atoms with Crippen molar-refractivity contribution in [1.82, 2.24) is 9.55 Å². The minimum Gasteiger partial charge on any atom is -0.398 e. The van der Waals surface area contributed by atoms with E-state index < -0.39 is 0 Å². The molecule has 0 fully saturated rings. The van der Waals surface area contributed by atoms with Crippen LogP contribution in [0.25, 0.3) is 0 Å². The van der Waals surface area contributed by atoms with Gasteiger partial charge in [0, 0.05) is 34.5 Å². The first-order valence-electron chi connectivity index (χ1n) is 5.38. The average Bonchev–Trinajstić information content (AvgIpc) is 2.75. The number of benzene rings is 1. The summed E-state index contributed by atoms with van der Waals surface area (Å²) in [6.07, 6.45) is 3.81. The van der Waals surface area contributed by atoms with Gasteiger partial charge in [-0.25, -0.2) is 4.98 Å². The van der Waals surface area contributed by atoms with Gasteiger partial charge in [-0.05, 0) is 25.1 Å². The highest BCUT2D eigenvalue weighted by atomic mass is 35.5. The molecular formula is C12H14ClN3S. The van der Waals surface area contributed by atoms with Crippen molar-refractivity contribution >= 4 is 29.1 Å². The highest BCUT2D eigenvalue weighted by molar-refractivity contribution is 7.98. The summed E-state index contributed by atoms with van der Waals surface area (Å²) in [5, 5.41) is 0.668. The zero-order valence-electron chi connectivity index (χ0n) is 9.56. The lowest BCUT2D eigenvalue weighted by Gasteiger charge is -2.07. The lowest BCUT2D eigenvalue weighted by molar-refractivity contribution is 0.726. The van der Waals surface area contributed by atoms with Crippen molar-refractivity contribution in [1.29, 1.82) is 0 Å². The molecule has 90 valence electrons. The van der Waals surface area contributed by atoms with E-state index in [1.807, 2.05) is 24.5 Å². The molecule has 0 saturated carbocycles. The molecule has 0 radical (unpaired) electrons. The Hall–Kier alpha value is -1.13. The fourth-order valence-corrected chi connectivity index (χ4v) is 2.66. The second-order valence-electron chi connectivity index (χ2n) is 3.60. The highest BCUT2D eigenvalue weighted by Crippen LogP contribution is 2.29. The van der Waals surface area contributed by atoms with Gasteiger partial charge in [0.25, 0.3) is 0 Å². The van der Waals surface area contributed by atoms with Crippen molar-refractivity contribution in [3.05, 3.63) is 41.4 Å². The van der Waals surface area contributed by atoms with Gasteiger partial charge in [0.2, 0.25) is 0 Å². The molecule has 0 aliphatic heterocycles. The molecule has 0 amide bonds. The van der Waals surface area contributed by atoms with E-state index in [0.717, 1.165) is 28.7 Å². The van der Waals surface area contributed by atoms with E-state index >= 15 is 0 Å². The van der Waals surface area contributed by atoms with Crippen molar-refractivity contribution in [2.24, 2.45) is 0 Å². The van der Waals surface area contributed by atoms with E-state index in [1.54, 1.807) is 17.8 Å². The number of halogens is 1. The second kappa shape index (κ2) is 5.47. The number of nitrogen functional groups attached to an aromatic ring is 1. The van der Waals surface area contributed by atoms with Crippen LogP contribution in [0.3, 0.4) is 0 Å². The SMILES string of the molecule is CCn1ccnc1CSc1ccc(Cl)cc1N. The molecule has 1 aromatic heterocycles. The smallest absolute Gasteiger partial charge is 0.119 e. The molecule has 2 rings (SSSR count). The monoisotopic (exact) mass is 267 g/mol. The van der Waals surface area contributed by atoms with E-state index in [-0.39, 0.29) is 0 Å². The van der Waals surface area contributed by atoms with Crippen LogP contribution in [-0.4, -0.2) is 9.55 Å². The van der Waals surface area contributed by atoms with Gasteiger partial charge in [0.1, 0.15) is 5.82 Å². The summed E-state index contributed by atoms with van der Waals surface area (Å²) in [5.41, 5.74) is 6.62. The van der Waals surface area contributed by atoms with Gasteiger partial charge in [-0.1, -0.05) is 11.6 Å². The number of rotatable bonds is 4. The largest absolute Gasteiger partial charge is 0.398 e. The van der Waals surface area contributed by atoms with Crippen molar-refractivity contribution in [3.8, 4) is 0 Å². The van der Waals surface area contributed by atoms with E-state index in [1.165, 1.54) is 0 Å². The summed E-state index contributed by atoms with van der Waals surface area (Å²) < 4.78 is 2.12. The van der Waals surface area contributed by atoms with Gasteiger partial charge in [-0.3, -0.25) is 0 Å². The summed E-state index contributed by atoms with van der Waals surface area (Å²) in [6.45, 7) is 3.04. The van der Waals surface area contributed by atoms with Crippen LogP contribution in [0.15, 0.2) is 35.5 Å². The fourth-order valence-electron chi connectivity index (χ4n) is 1.56. The molecule has 17 heavy (non-hydrogen) atoms. The number of aromatic nitrogens is 2. The zero-order valence-corrected chi connectivity index (χ0v) is 11.1. The molecule has 0 saturated heterocycles. The normalized spacial score (nSPS) is 10.7. The van der Waals surface area contributed by atoms with Gasteiger partial charge < -0.3 is 10.3 Å². The molecule has 0 aliphatic rings. The quantitative estimate of drug-likeness (QED) is 0.682. The number of imidazole rings is 1. The van der Waals surface area contributed by atoms with Crippen LogP contribution >= 0.6 is 23.4 Å². The maximum absolute atomic E-state index is 5.90. The Morgan fingerprint density at radius 1 is 1.47 bits per heavy atom. The van der Waals surface area contributed by atoms with Gasteiger partial charge >= 0.3 is 0 Å². The number of anilines is 1. The van der Waals surface area contributed by atoms with Crippen LogP contribution in [0.5, 0.6) is 0 Å². The molecule has 2 aromatic rings. The lowest BCUT2D eigenvalue weighted by atomic mass is 10.3. The number of nitrogens with two attached hydrogens (primary N) is 1. The summed E-state index contributed by atoms with van der Waals surface area (Å²) in [7, 11) is 0. The van der Waals surface area contributed by atoms with Crippen LogP contribution < -0.4 is 5.73 Å². The minimum absolute atomic E-state index is 0.668. The fraction of sp³-hybridized carbons (Fsp3) is 0.250. The first-order valence-corrected chi connectivity index (χ1v) is 6.75. The Morgan fingerprint density at radius 3 is 3.00 bits per heavy atom. The standard InChI is InChI=1S/C12H14ClN3S/c1-2-16-6-5-15-12(16)8-17-11-4-3-9(13)7-10(11)14/h3-7H,2,8,14H2,1H3. The Labute approximate surface area is 110 Å². The third-order valence-corrected chi connectivity index (χ3v) is 3.79. The molecule has 3 nitrogen and oxygen atoms in total. The summed E-state index contributed by atoms with van der Waals surface area (Å²) in [4.78, 5) is 5.37. The summed E-state index contributed by atoms with van der Waals surface area (Å²) in [6, 6.07) is 5.57. The van der Waals surface area contributed by atoms with Crippen molar-refractivity contribution < 1.29 is 0 Å². The molecule has 0 bridgehead atoms. The second-order valence-corrected chi connectivity index (χ2v) is 5.05. The zero-order chi connectivity index (χ0) is 12.3. The van der Waals surface area contributed by atoms with Crippen molar-refractivity contribution in [2.75, 3.05) is 5.73 Å². The Morgan fingerprint density at radius 2 is 2.29 bits per heavy atom. The first-order chi connectivity index (χ1) is 8.20. The highest BCUT2D eigenvalue weighted by Gasteiger charge is 2.05. The van der Waals surface area contributed by atoms with Crippen LogP contribution in [0.4, 0.5) is 5.69 Å². The maximum Gasteiger partial charge on any atom is 0.119 e. The van der Waals surface area contributed by atoms with Crippen molar-refractivity contribution in [2.45, 2.75) is 24.1 Å². The molecular weight excluding hydrogens is 254 g/mol. The number of hydrogen-bond donors (Lipinski definition) is 1. The number of thioether (sulfide) groups is 1. The predicted molar refractivity (Wildman–Crippen MR) is 73.3 cm³/mol. The molecule has 5 heteroatoms. The van der Waals surface area contributed by atoms with Gasteiger partial charge in [-0.15, -0.1) is 11.8 Å². The maximum atomic E-state index is 5.90. The molecule has 1 aromatic carbocycles. The van der Waals surface area contributed by atoms with Gasteiger partial charge in [0.05, 0.1) is 5.75 Å². The van der Waals surface area contributed by atoms with Crippen LogP contribution in [0.1, 0.15) is 12.7 Å². The molecule has 0 unspecified atom stereocenters. The molecule has 1 heterocycles. The molecule has 0 spiro atoms. The van der Waals surface area contributed by atoms with Gasteiger partial charge in [-0.2, -0.15) is 0 Å². The van der Waals surface area contributed by atoms with E-state index in [0.29, 0.717) is 5.02 Å². The van der Waals surface area contributed by atoms with Crippen LogP contribution in [-0.2, 0) is 12.3 Å². The van der Waals surface area contributed by atoms with E-state index in [4.69, 9.17) is 17.3 Å². The predicted octanol–water partition coefficient (Wildman–Crippen LogP) is 3.43. The third-order valence-electron chi connectivity index (χ3n) is 2.47. The van der Waals surface area contributed by atoms with Gasteiger partial charge in [0.15, 0.2) is 0 Å². The summed E-state index contributed by atoms with van der Waals surface area (Å²) in [5.74, 6) is 1.87.